The highest BCUT2D eigenvalue weighted by atomic mass is 35.5. The van der Waals surface area contributed by atoms with Gasteiger partial charge in [-0.05, 0) is 61.6 Å². The lowest BCUT2D eigenvalue weighted by Gasteiger charge is -2.26. The molecule has 5 N–H and O–H groups in total. The first-order chi connectivity index (χ1) is 13.8. The van der Waals surface area contributed by atoms with Crippen LogP contribution in [-0.2, 0) is 0 Å². The highest BCUT2D eigenvalue weighted by Gasteiger charge is 2.33. The maximum atomic E-state index is 13.1. The number of nitrogens with one attached hydrogen (secondary N) is 3. The fraction of sp³-hybridized carbons (Fsp3) is 0.364. The summed E-state index contributed by atoms with van der Waals surface area (Å²) in [6, 6.07) is 12.2. The van der Waals surface area contributed by atoms with Gasteiger partial charge in [0, 0.05) is 24.7 Å². The van der Waals surface area contributed by atoms with E-state index in [1.165, 1.54) is 12.1 Å². The minimum Gasteiger partial charge on any atom is -0.348 e. The maximum Gasteiger partial charge on any atom is 0.287 e. The summed E-state index contributed by atoms with van der Waals surface area (Å²) in [6.45, 7) is 5.47. The first kappa shape index (κ1) is 25.1. The molecule has 0 saturated carbocycles. The molecule has 1 saturated heterocycles. The Balaban J connectivity index is 0.00000171. The van der Waals surface area contributed by atoms with Crippen LogP contribution in [0.5, 0.6) is 0 Å². The number of H-pyrrole nitrogens is 1. The van der Waals surface area contributed by atoms with Gasteiger partial charge in [0.05, 0.1) is 11.0 Å². The molecule has 4 rings (SSSR count). The van der Waals surface area contributed by atoms with Crippen LogP contribution in [-0.4, -0.2) is 40.5 Å². The molecule has 3 aromatic rings. The van der Waals surface area contributed by atoms with E-state index in [9.17, 15) is 9.18 Å². The molecule has 0 radical (unpaired) electrons. The first-order valence-electron chi connectivity index (χ1n) is 9.86. The van der Waals surface area contributed by atoms with Crippen molar-refractivity contribution in [1.29, 1.82) is 0 Å². The third-order valence-electron chi connectivity index (χ3n) is 5.66. The van der Waals surface area contributed by atoms with Crippen molar-refractivity contribution in [3.63, 3.8) is 0 Å². The zero-order valence-corrected chi connectivity index (χ0v) is 19.1. The number of amides is 1. The van der Waals surface area contributed by atoms with Crippen molar-refractivity contribution >= 4 is 41.8 Å². The van der Waals surface area contributed by atoms with Crippen LogP contribution in [0.25, 0.3) is 22.2 Å². The molecule has 2 aromatic carbocycles. The molecule has 6 nitrogen and oxygen atoms in total. The summed E-state index contributed by atoms with van der Waals surface area (Å²) in [7, 11) is 0. The lowest BCUT2D eigenvalue weighted by Crippen LogP contribution is -2.41. The lowest BCUT2D eigenvalue weighted by atomic mass is 9.86. The van der Waals surface area contributed by atoms with Crippen LogP contribution in [0.4, 0.5) is 4.39 Å². The van der Waals surface area contributed by atoms with Gasteiger partial charge in [0.1, 0.15) is 5.82 Å². The Hall–Kier alpha value is -2.19. The maximum absolute atomic E-state index is 13.1. The number of rotatable bonds is 5. The quantitative estimate of drug-likeness (QED) is 0.460. The first-order valence-corrected chi connectivity index (χ1v) is 9.86. The molecule has 2 heterocycles. The summed E-state index contributed by atoms with van der Waals surface area (Å²) in [5.74, 6) is 0.167. The second-order valence-electron chi connectivity index (χ2n) is 8.39. The Morgan fingerprint density at radius 2 is 1.87 bits per heavy atom. The van der Waals surface area contributed by atoms with Crippen LogP contribution in [0.1, 0.15) is 30.9 Å². The van der Waals surface area contributed by atoms with Gasteiger partial charge < -0.3 is 21.4 Å². The van der Waals surface area contributed by atoms with Crippen LogP contribution in [0.15, 0.2) is 42.5 Å². The van der Waals surface area contributed by atoms with Crippen molar-refractivity contribution < 1.29 is 9.18 Å². The van der Waals surface area contributed by atoms with Crippen molar-refractivity contribution in [2.24, 2.45) is 11.7 Å². The van der Waals surface area contributed by atoms with Gasteiger partial charge >= 0.3 is 0 Å². The molecular formula is C22H28Cl2FN5O. The highest BCUT2D eigenvalue weighted by Crippen LogP contribution is 2.25. The van der Waals surface area contributed by atoms with E-state index in [0.717, 1.165) is 29.6 Å². The molecule has 9 heteroatoms. The second kappa shape index (κ2) is 9.96. The molecule has 31 heavy (non-hydrogen) atoms. The van der Waals surface area contributed by atoms with E-state index >= 15 is 0 Å². The Labute approximate surface area is 193 Å². The van der Waals surface area contributed by atoms with Gasteiger partial charge in [0.25, 0.3) is 5.91 Å². The van der Waals surface area contributed by atoms with E-state index in [1.54, 1.807) is 12.1 Å². The van der Waals surface area contributed by atoms with Crippen molar-refractivity contribution in [3.05, 3.63) is 54.1 Å². The van der Waals surface area contributed by atoms with Crippen molar-refractivity contribution in [2.45, 2.75) is 31.8 Å². The van der Waals surface area contributed by atoms with Crippen molar-refractivity contribution in [2.75, 3.05) is 13.1 Å². The average molecular weight is 468 g/mol. The number of nitrogens with two attached hydrogens (primary N) is 1. The summed E-state index contributed by atoms with van der Waals surface area (Å²) >= 11 is 0. The van der Waals surface area contributed by atoms with Crippen molar-refractivity contribution in [1.82, 2.24) is 20.6 Å². The minimum atomic E-state index is -0.270. The molecule has 0 aliphatic carbocycles. The van der Waals surface area contributed by atoms with E-state index < -0.39 is 0 Å². The van der Waals surface area contributed by atoms with Crippen LogP contribution < -0.4 is 16.4 Å². The number of hydrogen-bond acceptors (Lipinski definition) is 4. The van der Waals surface area contributed by atoms with Gasteiger partial charge in [-0.25, -0.2) is 9.37 Å². The van der Waals surface area contributed by atoms with Crippen molar-refractivity contribution in [3.8, 4) is 11.1 Å². The number of carbonyl (C=O) groups is 1. The second-order valence-corrected chi connectivity index (χ2v) is 8.39. The van der Waals surface area contributed by atoms with Crippen LogP contribution in [0, 0.1) is 11.7 Å². The highest BCUT2D eigenvalue weighted by molar-refractivity contribution is 5.95. The number of halogens is 3. The predicted molar refractivity (Wildman–Crippen MR) is 126 cm³/mol. The van der Waals surface area contributed by atoms with Gasteiger partial charge in [-0.3, -0.25) is 4.79 Å². The third-order valence-corrected chi connectivity index (χ3v) is 5.66. The molecule has 2 atom stereocenters. The Morgan fingerprint density at radius 3 is 2.52 bits per heavy atom. The molecular weight excluding hydrogens is 440 g/mol. The fourth-order valence-electron chi connectivity index (χ4n) is 3.78. The molecule has 0 bridgehead atoms. The van der Waals surface area contributed by atoms with Crippen LogP contribution >= 0.6 is 24.8 Å². The van der Waals surface area contributed by atoms with Gasteiger partial charge in [0.2, 0.25) is 0 Å². The molecule has 168 valence electrons. The standard InChI is InChI=1S/C22H26FN5O.2ClH/c1-22(2,24)15-10-17(25-11-15)12-26-21(29)20-27-18-8-5-14(9-19(18)28-20)13-3-6-16(23)7-4-13;;/h3-9,15,17,25H,10-12,24H2,1-2H3,(H,26,29)(H,27,28);2*1H/t15?,17-;;/m0../s1. The SMILES string of the molecule is CC(C)(N)C1CN[C@H](CNC(=O)c2nc3ccc(-c4ccc(F)cc4)cc3[nH]2)C1.Cl.Cl. The van der Waals surface area contributed by atoms with Gasteiger partial charge in [0.15, 0.2) is 5.82 Å². The number of nitrogens with zero attached hydrogens (tertiary/aromatic N) is 1. The topological polar surface area (TPSA) is 95.8 Å². The zero-order chi connectivity index (χ0) is 20.6. The van der Waals surface area contributed by atoms with Crippen LogP contribution in [0.3, 0.4) is 0 Å². The number of imidazole rings is 1. The summed E-state index contributed by atoms with van der Waals surface area (Å²) in [6.07, 6.45) is 0.935. The number of carbonyl (C=O) groups excluding carboxylic acids is 1. The van der Waals surface area contributed by atoms with Gasteiger partial charge in [-0.1, -0.05) is 18.2 Å². The van der Waals surface area contributed by atoms with Gasteiger partial charge in [-0.2, -0.15) is 0 Å². The molecule has 1 unspecified atom stereocenters. The molecule has 1 aliphatic rings. The van der Waals surface area contributed by atoms with E-state index in [0.29, 0.717) is 18.0 Å². The molecule has 1 amide bonds. The van der Waals surface area contributed by atoms with E-state index in [4.69, 9.17) is 5.73 Å². The monoisotopic (exact) mass is 467 g/mol. The summed E-state index contributed by atoms with van der Waals surface area (Å²) < 4.78 is 13.1. The fourth-order valence-corrected chi connectivity index (χ4v) is 3.78. The Bertz CT molecular complexity index is 1030. The Kier molecular flexibility index (Phi) is 8.05. The summed E-state index contributed by atoms with van der Waals surface area (Å²) in [4.78, 5) is 20.0. The summed E-state index contributed by atoms with van der Waals surface area (Å²) in [5, 5.41) is 6.37. The zero-order valence-electron chi connectivity index (χ0n) is 17.4. The molecule has 0 spiro atoms. The van der Waals surface area contributed by atoms with Gasteiger partial charge in [-0.15, -0.1) is 24.8 Å². The Morgan fingerprint density at radius 1 is 1.19 bits per heavy atom. The number of hydrogen-bond donors (Lipinski definition) is 4. The largest absolute Gasteiger partial charge is 0.348 e. The van der Waals surface area contributed by atoms with E-state index in [-0.39, 0.29) is 53.9 Å². The molecule has 1 fully saturated rings. The number of aromatic nitrogens is 2. The smallest absolute Gasteiger partial charge is 0.287 e. The summed E-state index contributed by atoms with van der Waals surface area (Å²) in [5.41, 5.74) is 9.27. The predicted octanol–water partition coefficient (Wildman–Crippen LogP) is 3.66. The minimum absolute atomic E-state index is 0. The van der Waals surface area contributed by atoms with E-state index in [1.807, 2.05) is 32.0 Å². The number of fused-ring (bicyclic) bond motifs is 1. The number of benzene rings is 2. The third kappa shape index (κ3) is 5.74. The lowest BCUT2D eigenvalue weighted by molar-refractivity contribution is 0.0941. The molecule has 1 aromatic heterocycles. The van der Waals surface area contributed by atoms with Crippen LogP contribution in [0.2, 0.25) is 0 Å². The normalized spacial score (nSPS) is 18.3. The average Bonchev–Trinajstić information content (AvgIpc) is 3.33. The number of aromatic amines is 1. The molecule has 1 aliphatic heterocycles. The van der Waals surface area contributed by atoms with E-state index in [2.05, 4.69) is 20.6 Å².